The summed E-state index contributed by atoms with van der Waals surface area (Å²) in [5.74, 6) is 2.56. The molecule has 1 unspecified atom stereocenters. The van der Waals surface area contributed by atoms with E-state index in [2.05, 4.69) is 21.8 Å². The lowest BCUT2D eigenvalue weighted by Crippen LogP contribution is -2.44. The van der Waals surface area contributed by atoms with Gasteiger partial charge in [-0.15, -0.1) is 0 Å². The van der Waals surface area contributed by atoms with E-state index < -0.39 is 9.92 Å². The van der Waals surface area contributed by atoms with Gasteiger partial charge in [0.2, 0.25) is 0 Å². The minimum Gasteiger partial charge on any atom is -0.377 e. The summed E-state index contributed by atoms with van der Waals surface area (Å²) in [6.07, 6.45) is 4.71. The Kier molecular flexibility index (Phi) is 5.19. The molecule has 1 saturated carbocycles. The number of rotatable bonds is 4. The third-order valence-corrected chi connectivity index (χ3v) is 9.03. The molecule has 0 radical (unpaired) electrons. The van der Waals surface area contributed by atoms with Crippen molar-refractivity contribution in [2.75, 3.05) is 41.3 Å². The maximum atomic E-state index is 13.8. The summed E-state index contributed by atoms with van der Waals surface area (Å²) in [6.45, 7) is 4.79. The van der Waals surface area contributed by atoms with Gasteiger partial charge in [-0.05, 0) is 38.3 Å². The Morgan fingerprint density at radius 3 is 2.88 bits per heavy atom. The van der Waals surface area contributed by atoms with Crippen molar-refractivity contribution < 1.29 is 8.95 Å². The predicted molar refractivity (Wildman–Crippen MR) is 130 cm³/mol. The number of anilines is 2. The van der Waals surface area contributed by atoms with E-state index in [9.17, 15) is 4.21 Å². The lowest BCUT2D eigenvalue weighted by atomic mass is 10.1. The molecule has 33 heavy (non-hydrogen) atoms. The van der Waals surface area contributed by atoms with Crippen LogP contribution >= 0.6 is 11.6 Å². The molecule has 11 heteroatoms. The van der Waals surface area contributed by atoms with E-state index >= 15 is 0 Å². The number of pyridine rings is 1. The summed E-state index contributed by atoms with van der Waals surface area (Å²) >= 11 is 6.33. The Bertz CT molecular complexity index is 1330. The molecule has 3 aromatic rings. The lowest BCUT2D eigenvalue weighted by Gasteiger charge is -2.35. The molecule has 6 rings (SSSR count). The Morgan fingerprint density at radius 1 is 1.21 bits per heavy atom. The molecule has 1 aliphatic carbocycles. The van der Waals surface area contributed by atoms with Crippen molar-refractivity contribution in [3.8, 4) is 11.4 Å². The minimum atomic E-state index is -2.50. The Labute approximate surface area is 197 Å². The number of hydrogen-bond donors (Lipinski definition) is 1. The van der Waals surface area contributed by atoms with Crippen molar-refractivity contribution in [1.82, 2.24) is 19.9 Å². The minimum absolute atomic E-state index is 0.168. The van der Waals surface area contributed by atoms with Gasteiger partial charge in [-0.2, -0.15) is 0 Å². The highest BCUT2D eigenvalue weighted by atomic mass is 35.5. The number of nitrogens with zero attached hydrogens (tertiary/aromatic N) is 6. The first-order valence-electron chi connectivity index (χ1n) is 11.4. The van der Waals surface area contributed by atoms with Crippen LogP contribution in [-0.4, -0.2) is 68.3 Å². The molecule has 0 amide bonds. The zero-order valence-electron chi connectivity index (χ0n) is 18.4. The normalized spacial score (nSPS) is 25.7. The Hall–Kier alpha value is -2.43. The first kappa shape index (κ1) is 21.1. The molecule has 9 nitrogen and oxygen atoms in total. The van der Waals surface area contributed by atoms with Crippen LogP contribution in [0.5, 0.6) is 0 Å². The number of H-pyrrole nitrogens is 1. The van der Waals surface area contributed by atoms with Gasteiger partial charge in [-0.1, -0.05) is 11.6 Å². The van der Waals surface area contributed by atoms with Crippen LogP contribution in [-0.2, 0) is 14.7 Å². The summed E-state index contributed by atoms with van der Waals surface area (Å²) in [5, 5.41) is 1.26. The van der Waals surface area contributed by atoms with E-state index in [0.29, 0.717) is 48.0 Å². The van der Waals surface area contributed by atoms with E-state index in [1.54, 1.807) is 6.07 Å². The number of hydrogen-bond acceptors (Lipinski definition) is 7. The molecule has 2 atom stereocenters. The van der Waals surface area contributed by atoms with E-state index in [-0.39, 0.29) is 12.1 Å². The highest BCUT2D eigenvalue weighted by Gasteiger charge is 2.33. The van der Waals surface area contributed by atoms with Crippen LogP contribution in [0, 0.1) is 0 Å². The molecule has 0 spiro atoms. The van der Waals surface area contributed by atoms with Crippen LogP contribution in [0.25, 0.3) is 22.4 Å². The highest BCUT2D eigenvalue weighted by Crippen LogP contribution is 2.35. The highest BCUT2D eigenvalue weighted by molar-refractivity contribution is 7.95. The maximum absolute atomic E-state index is 13.8. The molecule has 2 saturated heterocycles. The van der Waals surface area contributed by atoms with Crippen molar-refractivity contribution >= 4 is 44.2 Å². The average molecular weight is 488 g/mol. The number of nitrogens with one attached hydrogen (secondary N) is 1. The van der Waals surface area contributed by atoms with Crippen molar-refractivity contribution in [2.24, 2.45) is 4.36 Å². The zero-order valence-corrected chi connectivity index (χ0v) is 20.0. The maximum Gasteiger partial charge on any atom is 0.164 e. The molecular formula is C22H26ClN7O2S. The Morgan fingerprint density at radius 2 is 2.06 bits per heavy atom. The zero-order chi connectivity index (χ0) is 22.6. The van der Waals surface area contributed by atoms with Gasteiger partial charge in [0.05, 0.1) is 31.1 Å². The van der Waals surface area contributed by atoms with Gasteiger partial charge in [0.1, 0.15) is 32.4 Å². The molecule has 174 valence electrons. The van der Waals surface area contributed by atoms with Crippen molar-refractivity contribution in [1.29, 1.82) is 0 Å². The number of aromatic amines is 1. The van der Waals surface area contributed by atoms with E-state index in [1.807, 2.05) is 22.6 Å². The largest absolute Gasteiger partial charge is 0.377 e. The SMILES string of the molecule is C[C@@H]1COCCN1c1cc(N2CCCS2(=O)=NC2CC2)nc(-c2cc(Cl)nc3[nH]ccc23)n1. The average Bonchev–Trinajstić information content (AvgIpc) is 3.33. The summed E-state index contributed by atoms with van der Waals surface area (Å²) in [7, 11) is -2.50. The third-order valence-electron chi connectivity index (χ3n) is 6.33. The number of morpholine rings is 1. The quantitative estimate of drug-likeness (QED) is 0.564. The van der Waals surface area contributed by atoms with Gasteiger partial charge in [0.15, 0.2) is 5.82 Å². The Balaban J connectivity index is 1.53. The molecule has 2 aliphatic heterocycles. The molecule has 0 bridgehead atoms. The van der Waals surface area contributed by atoms with Crippen LogP contribution in [0.2, 0.25) is 5.15 Å². The van der Waals surface area contributed by atoms with Crippen LogP contribution < -0.4 is 9.21 Å². The van der Waals surface area contributed by atoms with E-state index in [4.69, 9.17) is 30.7 Å². The smallest absolute Gasteiger partial charge is 0.164 e. The second kappa shape index (κ2) is 8.11. The first-order valence-corrected chi connectivity index (χ1v) is 13.4. The summed E-state index contributed by atoms with van der Waals surface area (Å²) < 4.78 is 26.1. The topological polar surface area (TPSA) is 99.6 Å². The van der Waals surface area contributed by atoms with Gasteiger partial charge in [-0.25, -0.2) is 23.5 Å². The van der Waals surface area contributed by atoms with Crippen LogP contribution in [0.3, 0.4) is 0 Å². The van der Waals surface area contributed by atoms with Crippen molar-refractivity contribution in [2.45, 2.75) is 38.3 Å². The van der Waals surface area contributed by atoms with Gasteiger partial charge in [-0.3, -0.25) is 4.31 Å². The molecule has 5 heterocycles. The van der Waals surface area contributed by atoms with E-state index in [1.165, 1.54) is 0 Å². The van der Waals surface area contributed by atoms with Gasteiger partial charge >= 0.3 is 0 Å². The van der Waals surface area contributed by atoms with Crippen LogP contribution in [0.1, 0.15) is 26.2 Å². The van der Waals surface area contributed by atoms with Gasteiger partial charge < -0.3 is 14.6 Å². The number of halogens is 1. The van der Waals surface area contributed by atoms with Crippen molar-refractivity contribution in [3.63, 3.8) is 0 Å². The van der Waals surface area contributed by atoms with Crippen LogP contribution in [0.15, 0.2) is 28.8 Å². The lowest BCUT2D eigenvalue weighted by molar-refractivity contribution is 0.0985. The summed E-state index contributed by atoms with van der Waals surface area (Å²) in [5.41, 5.74) is 1.47. The molecule has 3 aliphatic rings. The number of ether oxygens (including phenoxy) is 1. The number of fused-ring (bicyclic) bond motifs is 1. The first-order chi connectivity index (χ1) is 16.0. The van der Waals surface area contributed by atoms with E-state index in [0.717, 1.165) is 42.6 Å². The molecule has 3 fully saturated rings. The second-order valence-electron chi connectivity index (χ2n) is 8.86. The third kappa shape index (κ3) is 3.94. The second-order valence-corrected chi connectivity index (χ2v) is 11.5. The molecular weight excluding hydrogens is 462 g/mol. The summed E-state index contributed by atoms with van der Waals surface area (Å²) in [6, 6.07) is 6.08. The fourth-order valence-corrected chi connectivity index (χ4v) is 7.12. The van der Waals surface area contributed by atoms with Gasteiger partial charge in [0.25, 0.3) is 0 Å². The van der Waals surface area contributed by atoms with Gasteiger partial charge in [0, 0.05) is 36.3 Å². The predicted octanol–water partition coefficient (Wildman–Crippen LogP) is 3.65. The summed E-state index contributed by atoms with van der Waals surface area (Å²) in [4.78, 5) is 19.6. The molecule has 1 N–H and O–H groups in total. The fourth-order valence-electron chi connectivity index (χ4n) is 4.51. The molecule has 3 aromatic heterocycles. The number of aromatic nitrogens is 4. The monoisotopic (exact) mass is 487 g/mol. The fraction of sp³-hybridized carbons (Fsp3) is 0.500. The van der Waals surface area contributed by atoms with Crippen LogP contribution in [0.4, 0.5) is 11.6 Å². The standard InChI is InChI=1S/C22H26ClN7O2S/c1-14-13-32-9-8-29(14)19-12-20(30-7-2-10-33(30,31)28-15-3-4-15)27-22(26-19)17-11-18(23)25-21-16(17)5-6-24-21/h5-6,11-12,14-15H,2-4,7-10,13H2,1H3,(H,24,25)/t14-,33?/m1/s1. The van der Waals surface area contributed by atoms with Crippen molar-refractivity contribution in [3.05, 3.63) is 29.5 Å². The molecule has 0 aromatic carbocycles.